The zero-order chi connectivity index (χ0) is 14.9. The van der Waals surface area contributed by atoms with Crippen LogP contribution in [0.15, 0.2) is 24.8 Å². The third-order valence-corrected chi connectivity index (χ3v) is 2.77. The van der Waals surface area contributed by atoms with Gasteiger partial charge in [0.25, 0.3) is 5.91 Å². The van der Waals surface area contributed by atoms with Gasteiger partial charge in [-0.3, -0.25) is 9.89 Å². The van der Waals surface area contributed by atoms with Gasteiger partial charge in [-0.1, -0.05) is 18.2 Å². The minimum Gasteiger partial charge on any atom is -0.364 e. The lowest BCUT2D eigenvalue weighted by atomic mass is 10.1. The van der Waals surface area contributed by atoms with Crippen LogP contribution in [0.5, 0.6) is 0 Å². The molecule has 2 rings (SSSR count). The Hall–Kier alpha value is -2.41. The molecule has 0 radical (unpaired) electrons. The van der Waals surface area contributed by atoms with Crippen molar-refractivity contribution in [1.82, 2.24) is 10.2 Å². The van der Waals surface area contributed by atoms with Crippen molar-refractivity contribution < 1.29 is 13.6 Å². The highest BCUT2D eigenvalue weighted by molar-refractivity contribution is 6.32. The number of H-pyrrole nitrogens is 1. The maximum atomic E-state index is 13.2. The van der Waals surface area contributed by atoms with E-state index in [1.54, 1.807) is 0 Å². The number of aromatic nitrogens is 2. The summed E-state index contributed by atoms with van der Waals surface area (Å²) in [5.74, 6) is -2.54. The average molecular weight is 299 g/mol. The van der Waals surface area contributed by atoms with Crippen LogP contribution in [0.3, 0.4) is 0 Å². The normalized spacial score (nSPS) is 10.3. The van der Waals surface area contributed by atoms with Crippen molar-refractivity contribution in [2.75, 3.05) is 5.32 Å². The van der Waals surface area contributed by atoms with E-state index in [0.717, 1.165) is 12.1 Å². The van der Waals surface area contributed by atoms with Gasteiger partial charge in [0.1, 0.15) is 5.69 Å². The molecule has 4 N–H and O–H groups in total. The molecule has 1 aromatic heterocycles. The molecule has 1 heterocycles. The van der Waals surface area contributed by atoms with Crippen molar-refractivity contribution >= 4 is 29.0 Å². The zero-order valence-corrected chi connectivity index (χ0v) is 10.8. The second-order valence-electron chi connectivity index (χ2n) is 3.88. The van der Waals surface area contributed by atoms with Gasteiger partial charge >= 0.3 is 0 Å². The molecule has 104 valence electrons. The molecule has 0 unspecified atom stereocenters. The maximum Gasteiger partial charge on any atom is 0.266 e. The quantitative estimate of drug-likeness (QED) is 0.758. The molecule has 0 aliphatic heterocycles. The van der Waals surface area contributed by atoms with Gasteiger partial charge in [-0.2, -0.15) is 5.10 Å². The van der Waals surface area contributed by atoms with Crippen LogP contribution in [-0.2, 0) is 0 Å². The molecule has 0 saturated carbocycles. The Bertz CT molecular complexity index is 699. The number of benzene rings is 1. The van der Waals surface area contributed by atoms with Gasteiger partial charge in [0.05, 0.1) is 5.02 Å². The Labute approximate surface area is 117 Å². The standard InChI is InChI=1S/C12H9ClF2N4O/c1-5(6-2-8(14)9(15)3-7(6)13)17-11-4-10(12(16)20)18-19-11/h2-4H,1H2,(H2,16,20)(H2,17,18,19). The van der Waals surface area contributed by atoms with Gasteiger partial charge in [0, 0.05) is 17.3 Å². The lowest BCUT2D eigenvalue weighted by Gasteiger charge is -2.09. The van der Waals surface area contributed by atoms with Crippen LogP contribution in [0.2, 0.25) is 5.02 Å². The lowest BCUT2D eigenvalue weighted by Crippen LogP contribution is -2.11. The number of amides is 1. The van der Waals surface area contributed by atoms with E-state index in [9.17, 15) is 13.6 Å². The van der Waals surface area contributed by atoms with Crippen LogP contribution in [0.25, 0.3) is 5.70 Å². The van der Waals surface area contributed by atoms with Gasteiger partial charge in [-0.25, -0.2) is 8.78 Å². The van der Waals surface area contributed by atoms with E-state index < -0.39 is 17.5 Å². The van der Waals surface area contributed by atoms with E-state index in [2.05, 4.69) is 22.1 Å². The molecule has 2 aromatic rings. The van der Waals surface area contributed by atoms with E-state index in [1.165, 1.54) is 6.07 Å². The fourth-order valence-corrected chi connectivity index (χ4v) is 1.75. The van der Waals surface area contributed by atoms with E-state index in [1.807, 2.05) is 0 Å². The number of rotatable bonds is 4. The van der Waals surface area contributed by atoms with Crippen molar-refractivity contribution in [2.45, 2.75) is 0 Å². The fourth-order valence-electron chi connectivity index (χ4n) is 1.49. The summed E-state index contributed by atoms with van der Waals surface area (Å²) in [4.78, 5) is 10.9. The highest BCUT2D eigenvalue weighted by Crippen LogP contribution is 2.26. The van der Waals surface area contributed by atoms with Gasteiger partial charge in [-0.15, -0.1) is 0 Å². The summed E-state index contributed by atoms with van der Waals surface area (Å²) >= 11 is 5.81. The molecular formula is C12H9ClF2N4O. The molecular weight excluding hydrogens is 290 g/mol. The first-order valence-electron chi connectivity index (χ1n) is 5.34. The second kappa shape index (κ2) is 5.30. The lowest BCUT2D eigenvalue weighted by molar-refractivity contribution is 0.0995. The molecule has 0 atom stereocenters. The average Bonchev–Trinajstić information content (AvgIpc) is 2.82. The number of aromatic amines is 1. The summed E-state index contributed by atoms with van der Waals surface area (Å²) in [6.45, 7) is 3.65. The van der Waals surface area contributed by atoms with Crippen molar-refractivity contribution in [3.63, 3.8) is 0 Å². The predicted molar refractivity (Wildman–Crippen MR) is 71.1 cm³/mol. The molecule has 0 bridgehead atoms. The van der Waals surface area contributed by atoms with Crippen molar-refractivity contribution in [3.8, 4) is 0 Å². The number of carbonyl (C=O) groups is 1. The van der Waals surface area contributed by atoms with Gasteiger partial charge in [-0.05, 0) is 12.1 Å². The molecule has 8 heteroatoms. The van der Waals surface area contributed by atoms with Crippen molar-refractivity contribution in [2.24, 2.45) is 5.73 Å². The molecule has 1 amide bonds. The molecule has 0 fully saturated rings. The molecule has 5 nitrogen and oxygen atoms in total. The third kappa shape index (κ3) is 2.77. The summed E-state index contributed by atoms with van der Waals surface area (Å²) in [7, 11) is 0. The van der Waals surface area contributed by atoms with Gasteiger partial charge < -0.3 is 11.1 Å². The molecule has 1 aromatic carbocycles. The number of hydrogen-bond donors (Lipinski definition) is 3. The Morgan fingerprint density at radius 3 is 2.60 bits per heavy atom. The predicted octanol–water partition coefficient (Wildman–Crippen LogP) is 2.52. The SMILES string of the molecule is C=C(Nc1cc(C(N)=O)[nH]n1)c1cc(F)c(F)cc1Cl. The first-order valence-corrected chi connectivity index (χ1v) is 5.72. The molecule has 20 heavy (non-hydrogen) atoms. The summed E-state index contributed by atoms with van der Waals surface area (Å²) < 4.78 is 26.1. The Morgan fingerprint density at radius 1 is 1.35 bits per heavy atom. The Morgan fingerprint density at radius 2 is 2.00 bits per heavy atom. The van der Waals surface area contributed by atoms with Crippen molar-refractivity contribution in [1.29, 1.82) is 0 Å². The van der Waals surface area contributed by atoms with Crippen LogP contribution < -0.4 is 11.1 Å². The molecule has 0 spiro atoms. The van der Waals surface area contributed by atoms with Crippen LogP contribution in [0.4, 0.5) is 14.6 Å². The van der Waals surface area contributed by atoms with Gasteiger partial charge in [0.15, 0.2) is 17.5 Å². The largest absolute Gasteiger partial charge is 0.364 e. The maximum absolute atomic E-state index is 13.2. The van der Waals surface area contributed by atoms with E-state index >= 15 is 0 Å². The van der Waals surface area contributed by atoms with E-state index in [-0.39, 0.29) is 27.8 Å². The second-order valence-corrected chi connectivity index (χ2v) is 4.29. The summed E-state index contributed by atoms with van der Waals surface area (Å²) in [5.41, 5.74) is 5.52. The first-order chi connectivity index (χ1) is 9.38. The minimum atomic E-state index is -1.05. The number of hydrogen-bond acceptors (Lipinski definition) is 3. The van der Waals surface area contributed by atoms with Crippen molar-refractivity contribution in [3.05, 3.63) is 52.7 Å². The molecule has 0 aliphatic carbocycles. The topological polar surface area (TPSA) is 83.8 Å². The summed E-state index contributed by atoms with van der Waals surface area (Å²) in [5, 5.41) is 8.86. The number of carbonyl (C=O) groups excluding carboxylic acids is 1. The minimum absolute atomic E-state index is 0.00735. The monoisotopic (exact) mass is 298 g/mol. The first kappa shape index (κ1) is 14.0. The van der Waals surface area contributed by atoms with Crippen LogP contribution >= 0.6 is 11.6 Å². The summed E-state index contributed by atoms with van der Waals surface area (Å²) in [6.07, 6.45) is 0. The number of anilines is 1. The number of nitrogens with one attached hydrogen (secondary N) is 2. The van der Waals surface area contributed by atoms with Crippen LogP contribution in [0.1, 0.15) is 16.1 Å². The summed E-state index contributed by atoms with van der Waals surface area (Å²) in [6, 6.07) is 3.11. The number of primary amides is 1. The van der Waals surface area contributed by atoms with Gasteiger partial charge in [0.2, 0.25) is 0 Å². The van der Waals surface area contributed by atoms with E-state index in [4.69, 9.17) is 17.3 Å². The molecule has 0 aliphatic rings. The van der Waals surface area contributed by atoms with Crippen LogP contribution in [-0.4, -0.2) is 16.1 Å². The highest BCUT2D eigenvalue weighted by Gasteiger charge is 2.12. The number of halogens is 3. The fraction of sp³-hybridized carbons (Fsp3) is 0. The Kier molecular flexibility index (Phi) is 3.71. The number of nitrogens with two attached hydrogens (primary N) is 1. The van der Waals surface area contributed by atoms with Crippen LogP contribution in [0, 0.1) is 11.6 Å². The van der Waals surface area contributed by atoms with E-state index in [0.29, 0.717) is 0 Å². The zero-order valence-electron chi connectivity index (χ0n) is 10.0. The molecule has 0 saturated heterocycles. The highest BCUT2D eigenvalue weighted by atomic mass is 35.5. The third-order valence-electron chi connectivity index (χ3n) is 2.46. The number of nitrogens with zero attached hydrogens (tertiary/aromatic N) is 1. The Balaban J connectivity index is 2.23. The smallest absolute Gasteiger partial charge is 0.266 e.